The van der Waals surface area contributed by atoms with Crippen molar-refractivity contribution in [1.29, 1.82) is 0 Å². The van der Waals surface area contributed by atoms with E-state index in [1.807, 2.05) is 37.4 Å². The first kappa shape index (κ1) is 21.1. The van der Waals surface area contributed by atoms with Crippen LogP contribution in [0.2, 0.25) is 0 Å². The molecule has 5 heteroatoms. The molecule has 2 unspecified atom stereocenters. The summed E-state index contributed by atoms with van der Waals surface area (Å²) in [4.78, 5) is 6.85. The van der Waals surface area contributed by atoms with Gasteiger partial charge < -0.3 is 15.0 Å². The fourth-order valence-corrected chi connectivity index (χ4v) is 3.30. The average molecular weight is 445 g/mol. The monoisotopic (exact) mass is 445 g/mol. The van der Waals surface area contributed by atoms with Crippen molar-refractivity contribution in [3.63, 3.8) is 0 Å². The molecule has 1 saturated heterocycles. The summed E-state index contributed by atoms with van der Waals surface area (Å²) in [6, 6.07) is 10.0. The molecule has 1 fully saturated rings. The molecule has 1 heterocycles. The highest BCUT2D eigenvalue weighted by molar-refractivity contribution is 14.0. The van der Waals surface area contributed by atoms with Gasteiger partial charge in [-0.3, -0.25) is 4.99 Å². The second-order valence-electron chi connectivity index (χ2n) is 6.69. The zero-order valence-electron chi connectivity index (χ0n) is 15.2. The molecular weight excluding hydrogens is 413 g/mol. The van der Waals surface area contributed by atoms with Crippen molar-refractivity contribution in [2.24, 2.45) is 16.8 Å². The highest BCUT2D eigenvalue weighted by Crippen LogP contribution is 2.20. The van der Waals surface area contributed by atoms with Crippen molar-refractivity contribution in [2.75, 3.05) is 33.3 Å². The van der Waals surface area contributed by atoms with Gasteiger partial charge in [0.2, 0.25) is 0 Å². The van der Waals surface area contributed by atoms with E-state index < -0.39 is 0 Å². The van der Waals surface area contributed by atoms with Crippen LogP contribution >= 0.6 is 24.0 Å². The van der Waals surface area contributed by atoms with E-state index >= 15 is 0 Å². The molecule has 0 saturated carbocycles. The molecule has 1 aromatic rings. The van der Waals surface area contributed by atoms with Crippen molar-refractivity contribution in [2.45, 2.75) is 33.1 Å². The Bertz CT molecular complexity index is 471. The molecule has 1 aromatic carbocycles. The van der Waals surface area contributed by atoms with E-state index in [9.17, 15) is 0 Å². The lowest BCUT2D eigenvalue weighted by Gasteiger charge is -2.37. The second-order valence-corrected chi connectivity index (χ2v) is 6.69. The van der Waals surface area contributed by atoms with Crippen LogP contribution in [0.3, 0.4) is 0 Å². The summed E-state index contributed by atoms with van der Waals surface area (Å²) in [6.45, 7) is 8.60. The minimum Gasteiger partial charge on any atom is -0.494 e. The summed E-state index contributed by atoms with van der Waals surface area (Å²) in [7, 11) is 1.88. The number of benzene rings is 1. The Hall–Kier alpha value is -0.980. The van der Waals surface area contributed by atoms with Crippen LogP contribution in [-0.2, 0) is 0 Å². The van der Waals surface area contributed by atoms with Crippen LogP contribution in [0.4, 0.5) is 0 Å². The molecule has 0 bridgehead atoms. The van der Waals surface area contributed by atoms with Gasteiger partial charge in [-0.25, -0.2) is 0 Å². The SMILES string of the molecule is CN=C(NCCCCOc1ccccc1)N1CC(C)CC(C)C1.I. The third-order valence-corrected chi connectivity index (χ3v) is 4.25. The summed E-state index contributed by atoms with van der Waals surface area (Å²) < 4.78 is 5.72. The molecule has 1 aliphatic rings. The van der Waals surface area contributed by atoms with Crippen LogP contribution in [-0.4, -0.2) is 44.1 Å². The normalized spacial score (nSPS) is 21.1. The van der Waals surface area contributed by atoms with E-state index in [0.717, 1.165) is 62.6 Å². The van der Waals surface area contributed by atoms with Crippen LogP contribution in [0.5, 0.6) is 5.75 Å². The van der Waals surface area contributed by atoms with Gasteiger partial charge in [-0.05, 0) is 43.2 Å². The van der Waals surface area contributed by atoms with Gasteiger partial charge in [0, 0.05) is 26.7 Å². The van der Waals surface area contributed by atoms with Crippen molar-refractivity contribution in [3.05, 3.63) is 30.3 Å². The van der Waals surface area contributed by atoms with Gasteiger partial charge in [0.15, 0.2) is 5.96 Å². The van der Waals surface area contributed by atoms with E-state index in [1.54, 1.807) is 0 Å². The van der Waals surface area contributed by atoms with Crippen molar-refractivity contribution in [3.8, 4) is 5.75 Å². The Labute approximate surface area is 164 Å². The Morgan fingerprint density at radius 1 is 1.17 bits per heavy atom. The number of rotatable bonds is 6. The Morgan fingerprint density at radius 2 is 1.83 bits per heavy atom. The maximum atomic E-state index is 5.72. The fourth-order valence-electron chi connectivity index (χ4n) is 3.30. The van der Waals surface area contributed by atoms with E-state index in [-0.39, 0.29) is 24.0 Å². The van der Waals surface area contributed by atoms with Gasteiger partial charge in [0.1, 0.15) is 5.75 Å². The van der Waals surface area contributed by atoms with Crippen molar-refractivity contribution in [1.82, 2.24) is 10.2 Å². The van der Waals surface area contributed by atoms with Crippen LogP contribution < -0.4 is 10.1 Å². The minimum absolute atomic E-state index is 0. The molecule has 24 heavy (non-hydrogen) atoms. The molecule has 2 rings (SSSR count). The molecule has 136 valence electrons. The predicted octanol–water partition coefficient (Wildman–Crippen LogP) is 4.02. The summed E-state index contributed by atoms with van der Waals surface area (Å²) in [6.07, 6.45) is 3.46. The predicted molar refractivity (Wildman–Crippen MR) is 112 cm³/mol. The van der Waals surface area contributed by atoms with Crippen molar-refractivity contribution < 1.29 is 4.74 Å². The van der Waals surface area contributed by atoms with E-state index in [0.29, 0.717) is 0 Å². The first-order chi connectivity index (χ1) is 11.2. The number of hydrogen-bond acceptors (Lipinski definition) is 2. The number of piperidine rings is 1. The number of guanidine groups is 1. The number of ether oxygens (including phenoxy) is 1. The smallest absolute Gasteiger partial charge is 0.193 e. The number of hydrogen-bond donors (Lipinski definition) is 1. The van der Waals surface area contributed by atoms with E-state index in [4.69, 9.17) is 4.74 Å². The molecule has 0 radical (unpaired) electrons. The fraction of sp³-hybridized carbons (Fsp3) is 0.632. The zero-order valence-corrected chi connectivity index (χ0v) is 17.5. The summed E-state index contributed by atoms with van der Waals surface area (Å²) >= 11 is 0. The van der Waals surface area contributed by atoms with Crippen molar-refractivity contribution >= 4 is 29.9 Å². The molecule has 0 aliphatic carbocycles. The molecule has 0 amide bonds. The number of para-hydroxylation sites is 1. The maximum absolute atomic E-state index is 5.72. The number of aliphatic imine (C=N–C) groups is 1. The molecule has 0 spiro atoms. The molecular formula is C19H32IN3O. The van der Waals surface area contributed by atoms with Gasteiger partial charge in [-0.1, -0.05) is 32.0 Å². The number of halogens is 1. The highest BCUT2D eigenvalue weighted by atomic mass is 127. The van der Waals surface area contributed by atoms with E-state index in [1.165, 1.54) is 6.42 Å². The number of likely N-dealkylation sites (tertiary alicyclic amines) is 1. The third kappa shape index (κ3) is 7.28. The largest absolute Gasteiger partial charge is 0.494 e. The minimum atomic E-state index is 0. The first-order valence-electron chi connectivity index (χ1n) is 8.82. The summed E-state index contributed by atoms with van der Waals surface area (Å²) in [5.41, 5.74) is 0. The van der Waals surface area contributed by atoms with Crippen LogP contribution in [0.1, 0.15) is 33.1 Å². The molecule has 4 nitrogen and oxygen atoms in total. The highest BCUT2D eigenvalue weighted by Gasteiger charge is 2.23. The molecule has 1 N–H and O–H groups in total. The number of unbranched alkanes of at least 4 members (excludes halogenated alkanes) is 1. The Kier molecular flexibility index (Phi) is 10.1. The van der Waals surface area contributed by atoms with Gasteiger partial charge >= 0.3 is 0 Å². The lowest BCUT2D eigenvalue weighted by Crippen LogP contribution is -2.48. The summed E-state index contributed by atoms with van der Waals surface area (Å²) in [5, 5.41) is 3.50. The number of nitrogens with zero attached hydrogens (tertiary/aromatic N) is 2. The molecule has 1 aliphatic heterocycles. The lowest BCUT2D eigenvalue weighted by molar-refractivity contribution is 0.208. The zero-order chi connectivity index (χ0) is 16.5. The van der Waals surface area contributed by atoms with E-state index in [2.05, 4.69) is 29.1 Å². The standard InChI is InChI=1S/C19H31N3O.HI/c1-16-13-17(2)15-22(14-16)19(20-3)21-11-7-8-12-23-18-9-5-4-6-10-18;/h4-6,9-10,16-17H,7-8,11-15H2,1-3H3,(H,20,21);1H. The van der Waals surface area contributed by atoms with Gasteiger partial charge in [0.05, 0.1) is 6.61 Å². The molecule has 0 aromatic heterocycles. The average Bonchev–Trinajstić information content (AvgIpc) is 2.54. The third-order valence-electron chi connectivity index (χ3n) is 4.25. The topological polar surface area (TPSA) is 36.9 Å². The maximum Gasteiger partial charge on any atom is 0.193 e. The number of nitrogens with one attached hydrogen (secondary N) is 1. The van der Waals surface area contributed by atoms with Crippen LogP contribution in [0, 0.1) is 11.8 Å². The lowest BCUT2D eigenvalue weighted by atomic mass is 9.92. The molecule has 2 atom stereocenters. The first-order valence-corrected chi connectivity index (χ1v) is 8.82. The Balaban J connectivity index is 0.00000288. The van der Waals surface area contributed by atoms with Gasteiger partial charge in [-0.15, -0.1) is 24.0 Å². The second kappa shape index (κ2) is 11.6. The van der Waals surface area contributed by atoms with Crippen LogP contribution in [0.25, 0.3) is 0 Å². The van der Waals surface area contributed by atoms with Crippen LogP contribution in [0.15, 0.2) is 35.3 Å². The van der Waals surface area contributed by atoms with Gasteiger partial charge in [0.25, 0.3) is 0 Å². The Morgan fingerprint density at radius 3 is 2.46 bits per heavy atom. The summed E-state index contributed by atoms with van der Waals surface area (Å²) in [5.74, 6) is 3.49. The quantitative estimate of drug-likeness (QED) is 0.311. The van der Waals surface area contributed by atoms with Gasteiger partial charge in [-0.2, -0.15) is 0 Å².